The summed E-state index contributed by atoms with van der Waals surface area (Å²) in [4.78, 5) is 0. The van der Waals surface area contributed by atoms with Crippen molar-refractivity contribution in [2.45, 2.75) is 0 Å². The van der Waals surface area contributed by atoms with Gasteiger partial charge in [0.15, 0.2) is 11.5 Å². The van der Waals surface area contributed by atoms with E-state index in [1.165, 1.54) is 6.20 Å². The fourth-order valence-corrected chi connectivity index (χ4v) is 1.49. The summed E-state index contributed by atoms with van der Waals surface area (Å²) in [5.41, 5.74) is 1.63. The van der Waals surface area contributed by atoms with Crippen molar-refractivity contribution in [3.8, 4) is 22.8 Å². The van der Waals surface area contributed by atoms with E-state index in [0.29, 0.717) is 17.2 Å². The first-order chi connectivity index (χ1) is 7.86. The minimum atomic E-state index is 0.580. The molecule has 0 N–H and O–H groups in total. The predicted octanol–water partition coefficient (Wildman–Crippen LogP) is 2.16. The first kappa shape index (κ1) is 10.4. The molecule has 1 aromatic heterocycles. The highest BCUT2D eigenvalue weighted by Gasteiger charge is 2.13. The highest BCUT2D eigenvalue weighted by Crippen LogP contribution is 2.34. The van der Waals surface area contributed by atoms with Gasteiger partial charge in [-0.3, -0.25) is 0 Å². The second-order valence-electron chi connectivity index (χ2n) is 3.16. The Morgan fingerprint density at radius 3 is 2.38 bits per heavy atom. The minimum Gasteiger partial charge on any atom is -0.491 e. The van der Waals surface area contributed by atoms with Gasteiger partial charge in [0, 0.05) is 5.56 Å². The maximum absolute atomic E-state index is 5.29. The average Bonchev–Trinajstić information content (AvgIpc) is 2.38. The molecule has 0 atom stereocenters. The Labute approximate surface area is 93.9 Å². The number of benzene rings is 1. The Morgan fingerprint density at radius 1 is 1.00 bits per heavy atom. The number of hydrogen-bond acceptors (Lipinski definition) is 4. The van der Waals surface area contributed by atoms with Gasteiger partial charge in [-0.25, -0.2) is 0 Å². The lowest BCUT2D eigenvalue weighted by molar-refractivity contribution is 0.352. The van der Waals surface area contributed by atoms with Gasteiger partial charge in [-0.15, -0.1) is 5.10 Å². The molecule has 1 aromatic carbocycles. The topological polar surface area (TPSA) is 44.2 Å². The van der Waals surface area contributed by atoms with Crippen molar-refractivity contribution < 1.29 is 9.47 Å². The summed E-state index contributed by atoms with van der Waals surface area (Å²) in [7, 11) is 3.17. The molecule has 82 valence electrons. The van der Waals surface area contributed by atoms with Crippen molar-refractivity contribution in [3.63, 3.8) is 0 Å². The van der Waals surface area contributed by atoms with Crippen molar-refractivity contribution in [2.75, 3.05) is 14.2 Å². The maximum atomic E-state index is 5.29. The van der Waals surface area contributed by atoms with Crippen LogP contribution in [0.3, 0.4) is 0 Å². The summed E-state index contributed by atoms with van der Waals surface area (Å²) < 4.78 is 10.5. The van der Waals surface area contributed by atoms with Gasteiger partial charge >= 0.3 is 0 Å². The van der Waals surface area contributed by atoms with Crippen LogP contribution in [0.2, 0.25) is 0 Å². The Hall–Kier alpha value is -2.10. The Kier molecular flexibility index (Phi) is 3.00. The molecule has 0 amide bonds. The lowest BCUT2D eigenvalue weighted by Gasteiger charge is -2.10. The molecule has 0 spiro atoms. The van der Waals surface area contributed by atoms with E-state index < -0.39 is 0 Å². The third-order valence-corrected chi connectivity index (χ3v) is 2.24. The summed E-state index contributed by atoms with van der Waals surface area (Å²) in [5.74, 6) is 1.18. The largest absolute Gasteiger partial charge is 0.491 e. The van der Waals surface area contributed by atoms with Crippen LogP contribution in [0.15, 0.2) is 36.5 Å². The van der Waals surface area contributed by atoms with Gasteiger partial charge in [0.1, 0.15) is 5.69 Å². The van der Waals surface area contributed by atoms with Crippen LogP contribution in [0, 0.1) is 0 Å². The molecule has 0 aliphatic carbocycles. The quantitative estimate of drug-likeness (QED) is 0.788. The molecule has 2 rings (SSSR count). The third-order valence-electron chi connectivity index (χ3n) is 2.24. The van der Waals surface area contributed by atoms with E-state index >= 15 is 0 Å². The molecule has 1 heterocycles. The molecular weight excluding hydrogens is 204 g/mol. The van der Waals surface area contributed by atoms with Crippen LogP contribution in [0.25, 0.3) is 11.3 Å². The normalized spacial score (nSPS) is 9.88. The maximum Gasteiger partial charge on any atom is 0.190 e. The smallest absolute Gasteiger partial charge is 0.190 e. The standard InChI is InChI=1S/C12H12N2O2/c1-15-10-8-13-14-11(12(10)16-2)9-6-4-3-5-7-9/h3-8H,1-2H3. The van der Waals surface area contributed by atoms with Gasteiger partial charge in [-0.1, -0.05) is 30.3 Å². The first-order valence-electron chi connectivity index (χ1n) is 4.86. The molecule has 0 radical (unpaired) electrons. The van der Waals surface area contributed by atoms with Crippen LogP contribution in [0.4, 0.5) is 0 Å². The van der Waals surface area contributed by atoms with Gasteiger partial charge in [0.05, 0.1) is 20.4 Å². The molecule has 2 aromatic rings. The van der Waals surface area contributed by atoms with E-state index in [4.69, 9.17) is 9.47 Å². The second-order valence-corrected chi connectivity index (χ2v) is 3.16. The molecule has 0 saturated heterocycles. The number of aromatic nitrogens is 2. The molecule has 4 heteroatoms. The zero-order valence-electron chi connectivity index (χ0n) is 9.18. The van der Waals surface area contributed by atoms with Gasteiger partial charge < -0.3 is 9.47 Å². The van der Waals surface area contributed by atoms with Gasteiger partial charge in [-0.2, -0.15) is 5.10 Å². The van der Waals surface area contributed by atoms with Gasteiger partial charge in [0.2, 0.25) is 0 Å². The van der Waals surface area contributed by atoms with Crippen molar-refractivity contribution in [3.05, 3.63) is 36.5 Å². The molecule has 0 saturated carbocycles. The van der Waals surface area contributed by atoms with E-state index in [-0.39, 0.29) is 0 Å². The van der Waals surface area contributed by atoms with Gasteiger partial charge in [-0.05, 0) is 0 Å². The number of methoxy groups -OCH3 is 2. The molecular formula is C12H12N2O2. The van der Waals surface area contributed by atoms with Crippen molar-refractivity contribution in [1.29, 1.82) is 0 Å². The van der Waals surface area contributed by atoms with Crippen LogP contribution in [-0.4, -0.2) is 24.4 Å². The number of hydrogen-bond donors (Lipinski definition) is 0. The Balaban J connectivity index is 2.57. The Bertz CT molecular complexity index is 472. The SMILES string of the molecule is COc1cnnc(-c2ccccc2)c1OC. The molecule has 0 aliphatic rings. The highest BCUT2D eigenvalue weighted by atomic mass is 16.5. The number of ether oxygens (including phenoxy) is 2. The summed E-state index contributed by atoms with van der Waals surface area (Å²) in [6.45, 7) is 0. The van der Waals surface area contributed by atoms with Crippen LogP contribution < -0.4 is 9.47 Å². The van der Waals surface area contributed by atoms with E-state index in [0.717, 1.165) is 5.56 Å². The molecule has 0 aliphatic heterocycles. The zero-order valence-corrected chi connectivity index (χ0v) is 9.18. The van der Waals surface area contributed by atoms with Crippen LogP contribution in [0.1, 0.15) is 0 Å². The fraction of sp³-hybridized carbons (Fsp3) is 0.167. The molecule has 0 bridgehead atoms. The fourth-order valence-electron chi connectivity index (χ4n) is 1.49. The van der Waals surface area contributed by atoms with Crippen LogP contribution >= 0.6 is 0 Å². The predicted molar refractivity (Wildman–Crippen MR) is 60.6 cm³/mol. The third kappa shape index (κ3) is 1.82. The summed E-state index contributed by atoms with van der Waals surface area (Å²) in [6, 6.07) is 9.73. The van der Waals surface area contributed by atoms with E-state index in [2.05, 4.69) is 10.2 Å². The van der Waals surface area contributed by atoms with Crippen molar-refractivity contribution >= 4 is 0 Å². The van der Waals surface area contributed by atoms with Crippen LogP contribution in [0.5, 0.6) is 11.5 Å². The number of rotatable bonds is 3. The van der Waals surface area contributed by atoms with Crippen molar-refractivity contribution in [1.82, 2.24) is 10.2 Å². The van der Waals surface area contributed by atoms with Crippen molar-refractivity contribution in [2.24, 2.45) is 0 Å². The second kappa shape index (κ2) is 4.61. The number of nitrogens with zero attached hydrogens (tertiary/aromatic N) is 2. The molecule has 0 fully saturated rings. The van der Waals surface area contributed by atoms with E-state index in [9.17, 15) is 0 Å². The minimum absolute atomic E-state index is 0.580. The molecule has 16 heavy (non-hydrogen) atoms. The van der Waals surface area contributed by atoms with Crippen LogP contribution in [-0.2, 0) is 0 Å². The van der Waals surface area contributed by atoms with E-state index in [1.807, 2.05) is 30.3 Å². The molecule has 4 nitrogen and oxygen atoms in total. The summed E-state index contributed by atoms with van der Waals surface area (Å²) >= 11 is 0. The lowest BCUT2D eigenvalue weighted by Crippen LogP contribution is -1.97. The van der Waals surface area contributed by atoms with E-state index in [1.54, 1.807) is 14.2 Å². The average molecular weight is 216 g/mol. The summed E-state index contributed by atoms with van der Waals surface area (Å²) in [5, 5.41) is 7.96. The summed E-state index contributed by atoms with van der Waals surface area (Å²) in [6.07, 6.45) is 1.53. The monoisotopic (exact) mass is 216 g/mol. The van der Waals surface area contributed by atoms with Gasteiger partial charge in [0.25, 0.3) is 0 Å². The Morgan fingerprint density at radius 2 is 1.75 bits per heavy atom. The molecule has 0 unspecified atom stereocenters. The highest BCUT2D eigenvalue weighted by molar-refractivity contribution is 5.68. The zero-order chi connectivity index (χ0) is 11.4. The lowest BCUT2D eigenvalue weighted by atomic mass is 10.1. The first-order valence-corrected chi connectivity index (χ1v) is 4.86.